The summed E-state index contributed by atoms with van der Waals surface area (Å²) in [6.45, 7) is 0. The Balaban J connectivity index is 1.33. The zero-order valence-corrected chi connectivity index (χ0v) is 26.9. The highest BCUT2D eigenvalue weighted by molar-refractivity contribution is 7.25. The van der Waals surface area contributed by atoms with Crippen LogP contribution >= 0.6 is 11.3 Å². The first-order chi connectivity index (χ1) is 24.3. The zero-order valence-electron chi connectivity index (χ0n) is 26.1. The lowest BCUT2D eigenvalue weighted by Gasteiger charge is -2.14. The molecule has 4 heterocycles. The molecule has 0 bridgehead atoms. The lowest BCUT2D eigenvalue weighted by molar-refractivity contribution is 0.673. The number of para-hydroxylation sites is 3. The Morgan fingerprint density at radius 1 is 0.510 bits per heavy atom. The summed E-state index contributed by atoms with van der Waals surface area (Å²) in [5.41, 5.74) is 8.92. The van der Waals surface area contributed by atoms with E-state index in [-0.39, 0.29) is 0 Å². The summed E-state index contributed by atoms with van der Waals surface area (Å²) in [7, 11) is 0. The van der Waals surface area contributed by atoms with Gasteiger partial charge in [-0.15, -0.1) is 11.3 Å². The molecule has 0 saturated carbocycles. The van der Waals surface area contributed by atoms with Gasteiger partial charge in [0.2, 0.25) is 5.95 Å². The molecule has 7 aromatic carbocycles. The van der Waals surface area contributed by atoms with Crippen molar-refractivity contribution in [2.45, 2.75) is 0 Å². The second-order valence-electron chi connectivity index (χ2n) is 12.5. The van der Waals surface area contributed by atoms with E-state index in [2.05, 4.69) is 138 Å². The summed E-state index contributed by atoms with van der Waals surface area (Å²) in [4.78, 5) is 10.6. The minimum absolute atomic E-state index is 0.627. The van der Waals surface area contributed by atoms with Crippen LogP contribution in [0.1, 0.15) is 0 Å². The first-order valence-electron chi connectivity index (χ1n) is 16.4. The second kappa shape index (κ2) is 10.1. The number of benzene rings is 7. The van der Waals surface area contributed by atoms with E-state index < -0.39 is 0 Å². The van der Waals surface area contributed by atoms with Crippen molar-refractivity contribution in [1.82, 2.24) is 14.5 Å². The molecule has 0 aliphatic rings. The molecule has 4 aromatic heterocycles. The number of rotatable bonds is 3. The monoisotopic (exact) mass is 643 g/mol. The fourth-order valence-electron chi connectivity index (χ4n) is 7.63. The Bertz CT molecular complexity index is 3110. The van der Waals surface area contributed by atoms with E-state index in [9.17, 15) is 0 Å². The molecule has 4 nitrogen and oxygen atoms in total. The molecule has 0 amide bonds. The Morgan fingerprint density at radius 3 is 2.12 bits per heavy atom. The Labute approximate surface area is 284 Å². The van der Waals surface area contributed by atoms with E-state index in [0.717, 1.165) is 77.0 Å². The number of fused-ring (bicyclic) bond motifs is 11. The molecule has 0 unspecified atom stereocenters. The molecule has 5 heteroatoms. The molecule has 0 radical (unpaired) electrons. The van der Waals surface area contributed by atoms with Crippen LogP contribution in [0.5, 0.6) is 0 Å². The molecule has 0 aliphatic carbocycles. The average Bonchev–Trinajstić information content (AvgIpc) is 3.84. The van der Waals surface area contributed by atoms with Crippen molar-refractivity contribution in [1.29, 1.82) is 0 Å². The predicted molar refractivity (Wildman–Crippen MR) is 205 cm³/mol. The van der Waals surface area contributed by atoms with E-state index in [1.165, 1.54) is 20.2 Å². The number of hydrogen-bond acceptors (Lipinski definition) is 4. The van der Waals surface area contributed by atoms with E-state index in [4.69, 9.17) is 14.4 Å². The van der Waals surface area contributed by atoms with Gasteiger partial charge in [0.25, 0.3) is 0 Å². The van der Waals surface area contributed by atoms with Gasteiger partial charge in [0.1, 0.15) is 11.2 Å². The van der Waals surface area contributed by atoms with Gasteiger partial charge in [-0.25, -0.2) is 9.97 Å². The van der Waals surface area contributed by atoms with Crippen molar-refractivity contribution in [3.05, 3.63) is 152 Å². The molecule has 0 saturated heterocycles. The van der Waals surface area contributed by atoms with E-state index in [1.54, 1.807) is 0 Å². The average molecular weight is 644 g/mol. The molecular formula is C44H25N3OS. The topological polar surface area (TPSA) is 43.9 Å². The highest BCUT2D eigenvalue weighted by atomic mass is 32.1. The van der Waals surface area contributed by atoms with Crippen LogP contribution in [0.25, 0.3) is 103 Å². The molecule has 49 heavy (non-hydrogen) atoms. The van der Waals surface area contributed by atoms with E-state index in [0.29, 0.717) is 5.95 Å². The highest BCUT2D eigenvalue weighted by Crippen LogP contribution is 2.46. The van der Waals surface area contributed by atoms with Crippen LogP contribution in [-0.2, 0) is 0 Å². The third-order valence-electron chi connectivity index (χ3n) is 9.81. The number of furan rings is 1. The summed E-state index contributed by atoms with van der Waals surface area (Å²) in [5, 5.41) is 7.93. The lowest BCUT2D eigenvalue weighted by Crippen LogP contribution is -2.04. The van der Waals surface area contributed by atoms with Crippen molar-refractivity contribution in [3.8, 4) is 28.3 Å². The summed E-state index contributed by atoms with van der Waals surface area (Å²) in [5.74, 6) is 0.627. The first kappa shape index (κ1) is 26.7. The molecule has 228 valence electrons. The predicted octanol–water partition coefficient (Wildman–Crippen LogP) is 12.3. The van der Waals surface area contributed by atoms with Gasteiger partial charge in [-0.1, -0.05) is 109 Å². The molecule has 0 atom stereocenters. The summed E-state index contributed by atoms with van der Waals surface area (Å²) in [6.07, 6.45) is 0. The van der Waals surface area contributed by atoms with Gasteiger partial charge in [-0.2, -0.15) is 0 Å². The standard InChI is InChI=1S/C44H25N3OS/c1-2-12-26(13-3-1)41-30-16-4-8-18-35(30)45-44(46-41)47-36-19-9-5-17-31(36)40-42(47)32(25-34-28-14-6-10-20-37(28)48-43(34)40)27-22-23-39-33(24-27)29-15-7-11-21-38(29)49-39/h1-25H. The minimum atomic E-state index is 0.627. The van der Waals surface area contributed by atoms with E-state index in [1.807, 2.05) is 29.5 Å². The Morgan fingerprint density at radius 2 is 1.22 bits per heavy atom. The molecular weight excluding hydrogens is 619 g/mol. The quantitative estimate of drug-likeness (QED) is 0.192. The van der Waals surface area contributed by atoms with Gasteiger partial charge < -0.3 is 4.42 Å². The van der Waals surface area contributed by atoms with E-state index >= 15 is 0 Å². The van der Waals surface area contributed by atoms with Crippen LogP contribution in [0.4, 0.5) is 0 Å². The minimum Gasteiger partial charge on any atom is -0.455 e. The maximum absolute atomic E-state index is 6.74. The summed E-state index contributed by atoms with van der Waals surface area (Å²) >= 11 is 1.84. The number of aromatic nitrogens is 3. The smallest absolute Gasteiger partial charge is 0.235 e. The highest BCUT2D eigenvalue weighted by Gasteiger charge is 2.25. The SMILES string of the molecule is c1ccc(-c2nc(-n3c4ccccc4c4c5oc6ccccc6c5cc(-c5ccc6sc7ccccc7c6c5)c43)nc3ccccc23)cc1. The maximum atomic E-state index is 6.74. The molecule has 0 spiro atoms. The van der Waals surface area contributed by atoms with Crippen LogP contribution in [0, 0.1) is 0 Å². The largest absolute Gasteiger partial charge is 0.455 e. The number of hydrogen-bond donors (Lipinski definition) is 0. The number of thiophene rings is 1. The van der Waals surface area contributed by atoms with Gasteiger partial charge in [0.05, 0.1) is 27.6 Å². The summed E-state index contributed by atoms with van der Waals surface area (Å²) < 4.78 is 11.6. The molecule has 11 aromatic rings. The van der Waals surface area contributed by atoms with Crippen LogP contribution < -0.4 is 0 Å². The zero-order chi connectivity index (χ0) is 32.1. The third kappa shape index (κ3) is 3.85. The fraction of sp³-hybridized carbons (Fsp3) is 0. The van der Waals surface area contributed by atoms with Gasteiger partial charge in [0.15, 0.2) is 0 Å². The third-order valence-corrected chi connectivity index (χ3v) is 11.0. The van der Waals surface area contributed by atoms with Gasteiger partial charge >= 0.3 is 0 Å². The molecule has 0 aliphatic heterocycles. The van der Waals surface area contributed by atoms with Crippen molar-refractivity contribution < 1.29 is 4.42 Å². The molecule has 0 N–H and O–H groups in total. The lowest BCUT2D eigenvalue weighted by atomic mass is 9.97. The van der Waals surface area contributed by atoms with Crippen molar-refractivity contribution >= 4 is 86.2 Å². The van der Waals surface area contributed by atoms with Crippen molar-refractivity contribution in [2.24, 2.45) is 0 Å². The maximum Gasteiger partial charge on any atom is 0.235 e. The van der Waals surface area contributed by atoms with Crippen LogP contribution in [0.2, 0.25) is 0 Å². The molecule has 0 fully saturated rings. The Hall–Kier alpha value is -6.30. The van der Waals surface area contributed by atoms with Crippen molar-refractivity contribution in [2.75, 3.05) is 0 Å². The van der Waals surface area contributed by atoms with Crippen LogP contribution in [-0.4, -0.2) is 14.5 Å². The van der Waals surface area contributed by atoms with Gasteiger partial charge in [-0.05, 0) is 48.0 Å². The first-order valence-corrected chi connectivity index (χ1v) is 17.2. The van der Waals surface area contributed by atoms with Crippen LogP contribution in [0.15, 0.2) is 156 Å². The fourth-order valence-corrected chi connectivity index (χ4v) is 8.72. The van der Waals surface area contributed by atoms with Crippen molar-refractivity contribution in [3.63, 3.8) is 0 Å². The Kier molecular flexibility index (Phi) is 5.51. The normalized spacial score (nSPS) is 12.1. The van der Waals surface area contributed by atoms with Gasteiger partial charge in [-0.3, -0.25) is 4.57 Å². The second-order valence-corrected chi connectivity index (χ2v) is 13.6. The van der Waals surface area contributed by atoms with Crippen LogP contribution in [0.3, 0.4) is 0 Å². The molecule has 11 rings (SSSR count). The number of nitrogens with zero attached hydrogens (tertiary/aromatic N) is 3. The summed E-state index contributed by atoms with van der Waals surface area (Å²) in [6, 6.07) is 53.5. The van der Waals surface area contributed by atoms with Gasteiger partial charge in [0, 0.05) is 52.8 Å².